The molecule has 0 spiro atoms. The van der Waals surface area contributed by atoms with Crippen LogP contribution in [0.3, 0.4) is 0 Å². The molecule has 5 heteroatoms. The van der Waals surface area contributed by atoms with Crippen molar-refractivity contribution in [3.05, 3.63) is 29.3 Å². The van der Waals surface area contributed by atoms with E-state index in [9.17, 15) is 14.7 Å². The highest BCUT2D eigenvalue weighted by molar-refractivity contribution is 6.05. The fraction of sp³-hybridized carbons (Fsp3) is 0.429. The van der Waals surface area contributed by atoms with Gasteiger partial charge >= 0.3 is 0 Å². The lowest BCUT2D eigenvalue weighted by Crippen LogP contribution is -2.38. The van der Waals surface area contributed by atoms with Gasteiger partial charge in [-0.1, -0.05) is 12.1 Å². The van der Waals surface area contributed by atoms with E-state index in [-0.39, 0.29) is 30.0 Å². The molecule has 0 saturated carbocycles. The fourth-order valence-corrected chi connectivity index (χ4v) is 2.30. The van der Waals surface area contributed by atoms with E-state index >= 15 is 0 Å². The zero-order valence-electron chi connectivity index (χ0n) is 11.3. The number of imide groups is 1. The molecule has 2 atom stereocenters. The first-order valence-corrected chi connectivity index (χ1v) is 6.26. The number of hydrogen-bond acceptors (Lipinski definition) is 4. The molecule has 1 aromatic rings. The molecule has 0 radical (unpaired) electrons. The summed E-state index contributed by atoms with van der Waals surface area (Å²) >= 11 is 0. The van der Waals surface area contributed by atoms with Crippen LogP contribution in [0.5, 0.6) is 5.75 Å². The maximum absolute atomic E-state index is 11.8. The Bertz CT molecular complexity index is 527. The quantitative estimate of drug-likeness (QED) is 0.801. The van der Waals surface area contributed by atoms with Gasteiger partial charge in [-0.2, -0.15) is 0 Å². The van der Waals surface area contributed by atoms with Gasteiger partial charge in [0.15, 0.2) is 0 Å². The number of likely N-dealkylation sites (tertiary alicyclic amines) is 1. The third-order valence-corrected chi connectivity index (χ3v) is 3.49. The van der Waals surface area contributed by atoms with Gasteiger partial charge in [0.25, 0.3) is 0 Å². The third-order valence-electron chi connectivity index (χ3n) is 3.49. The average Bonchev–Trinajstić information content (AvgIpc) is 2.57. The largest absolute Gasteiger partial charge is 0.508 e. The summed E-state index contributed by atoms with van der Waals surface area (Å²) in [5, 5.41) is 13.0. The van der Waals surface area contributed by atoms with E-state index in [1.54, 1.807) is 6.07 Å². The highest BCUT2D eigenvalue weighted by Gasteiger charge is 2.36. The van der Waals surface area contributed by atoms with Crippen LogP contribution in [-0.4, -0.2) is 34.9 Å². The van der Waals surface area contributed by atoms with E-state index in [2.05, 4.69) is 5.32 Å². The lowest BCUT2D eigenvalue weighted by molar-refractivity contribution is -0.137. The van der Waals surface area contributed by atoms with Crippen LogP contribution in [0.15, 0.2) is 18.2 Å². The summed E-state index contributed by atoms with van der Waals surface area (Å²) in [5.41, 5.74) is 1.70. The number of carbonyl (C=O) groups excluding carboxylic acids is 2. The molecule has 5 nitrogen and oxygen atoms in total. The molecule has 1 aromatic carbocycles. The number of phenolic OH excluding ortho intramolecular Hbond substituents is 1. The smallest absolute Gasteiger partial charge is 0.246 e. The Morgan fingerprint density at radius 2 is 2.11 bits per heavy atom. The molecule has 2 rings (SSSR count). The van der Waals surface area contributed by atoms with Crippen LogP contribution in [0.25, 0.3) is 0 Å². The number of amides is 2. The normalized spacial score (nSPS) is 21.0. The number of benzene rings is 1. The number of aryl methyl sites for hydroxylation is 1. The number of carbonyl (C=O) groups is 2. The van der Waals surface area contributed by atoms with Crippen molar-refractivity contribution in [3.63, 3.8) is 0 Å². The summed E-state index contributed by atoms with van der Waals surface area (Å²) in [6.45, 7) is 3.76. The van der Waals surface area contributed by atoms with Gasteiger partial charge in [0.2, 0.25) is 11.8 Å². The van der Waals surface area contributed by atoms with Gasteiger partial charge in [-0.3, -0.25) is 19.8 Å². The van der Waals surface area contributed by atoms with Crippen LogP contribution in [0, 0.1) is 6.92 Å². The molecule has 1 heterocycles. The second kappa shape index (κ2) is 5.01. The predicted molar refractivity (Wildman–Crippen MR) is 70.6 cm³/mol. The highest BCUT2D eigenvalue weighted by atomic mass is 16.3. The standard InChI is InChI=1S/C14H18N2O3/c1-8-4-5-10(12(17)6-8)9(2)15-11-7-13(18)16(3)14(11)19/h4-6,9,11,15,17H,7H2,1-3H3. The number of nitrogens with zero attached hydrogens (tertiary/aromatic N) is 1. The molecular formula is C14H18N2O3. The molecule has 1 fully saturated rings. The molecule has 2 unspecified atom stereocenters. The molecule has 2 N–H and O–H groups in total. The van der Waals surface area contributed by atoms with Gasteiger partial charge in [0.05, 0.1) is 12.5 Å². The topological polar surface area (TPSA) is 69.6 Å². The number of hydrogen-bond donors (Lipinski definition) is 2. The van der Waals surface area contributed by atoms with E-state index in [0.717, 1.165) is 16.0 Å². The van der Waals surface area contributed by atoms with Crippen LogP contribution in [0.1, 0.15) is 30.5 Å². The summed E-state index contributed by atoms with van der Waals surface area (Å²) in [6.07, 6.45) is 0.173. The molecule has 1 saturated heterocycles. The van der Waals surface area contributed by atoms with Crippen molar-refractivity contribution < 1.29 is 14.7 Å². The van der Waals surface area contributed by atoms with Gasteiger partial charge in [-0.15, -0.1) is 0 Å². The van der Waals surface area contributed by atoms with Crippen LogP contribution in [-0.2, 0) is 9.59 Å². The summed E-state index contributed by atoms with van der Waals surface area (Å²) in [5.74, 6) is -0.198. The van der Waals surface area contributed by atoms with Crippen LogP contribution >= 0.6 is 0 Å². The maximum Gasteiger partial charge on any atom is 0.246 e. The second-order valence-electron chi connectivity index (χ2n) is 5.00. The Labute approximate surface area is 112 Å². The monoisotopic (exact) mass is 262 g/mol. The van der Waals surface area contributed by atoms with E-state index in [0.29, 0.717) is 0 Å². The Kier molecular flexibility index (Phi) is 3.57. The molecular weight excluding hydrogens is 244 g/mol. The maximum atomic E-state index is 11.8. The van der Waals surface area contributed by atoms with Crippen molar-refractivity contribution in [2.75, 3.05) is 7.05 Å². The third kappa shape index (κ3) is 2.61. The van der Waals surface area contributed by atoms with E-state index in [1.165, 1.54) is 7.05 Å². The van der Waals surface area contributed by atoms with Crippen LogP contribution in [0.4, 0.5) is 0 Å². The molecule has 19 heavy (non-hydrogen) atoms. The van der Waals surface area contributed by atoms with Gasteiger partial charge in [-0.05, 0) is 25.5 Å². The Balaban J connectivity index is 2.11. The number of rotatable bonds is 3. The van der Waals surface area contributed by atoms with Gasteiger partial charge in [-0.25, -0.2) is 0 Å². The number of aromatic hydroxyl groups is 1. The zero-order valence-corrected chi connectivity index (χ0v) is 11.3. The van der Waals surface area contributed by atoms with Gasteiger partial charge in [0, 0.05) is 18.7 Å². The minimum Gasteiger partial charge on any atom is -0.508 e. The summed E-state index contributed by atoms with van der Waals surface area (Å²) in [7, 11) is 1.49. The highest BCUT2D eigenvalue weighted by Crippen LogP contribution is 2.26. The summed E-state index contributed by atoms with van der Waals surface area (Å²) in [4.78, 5) is 24.4. The Morgan fingerprint density at radius 1 is 1.42 bits per heavy atom. The van der Waals surface area contributed by atoms with E-state index in [1.807, 2.05) is 26.0 Å². The van der Waals surface area contributed by atoms with Crippen molar-refractivity contribution in [2.24, 2.45) is 0 Å². The number of nitrogens with one attached hydrogen (secondary N) is 1. The average molecular weight is 262 g/mol. The van der Waals surface area contributed by atoms with E-state index < -0.39 is 6.04 Å². The molecule has 1 aliphatic heterocycles. The zero-order chi connectivity index (χ0) is 14.2. The first-order valence-electron chi connectivity index (χ1n) is 6.26. The SMILES string of the molecule is Cc1ccc(C(C)NC2CC(=O)N(C)C2=O)c(O)c1. The fourth-order valence-electron chi connectivity index (χ4n) is 2.30. The van der Waals surface area contributed by atoms with Crippen molar-refractivity contribution in [3.8, 4) is 5.75 Å². The predicted octanol–water partition coefficient (Wildman–Crippen LogP) is 1.11. The van der Waals surface area contributed by atoms with Gasteiger partial charge in [0.1, 0.15) is 5.75 Å². The van der Waals surface area contributed by atoms with E-state index in [4.69, 9.17) is 0 Å². The molecule has 0 bridgehead atoms. The van der Waals surface area contributed by atoms with Crippen molar-refractivity contribution in [1.82, 2.24) is 10.2 Å². The minimum absolute atomic E-state index is 0.173. The van der Waals surface area contributed by atoms with Crippen LogP contribution < -0.4 is 5.32 Å². The first-order chi connectivity index (χ1) is 8.90. The Hall–Kier alpha value is -1.88. The summed E-state index contributed by atoms with van der Waals surface area (Å²) in [6, 6.07) is 4.71. The van der Waals surface area contributed by atoms with Crippen LogP contribution in [0.2, 0.25) is 0 Å². The molecule has 0 aromatic heterocycles. The van der Waals surface area contributed by atoms with Crippen molar-refractivity contribution in [1.29, 1.82) is 0 Å². The second-order valence-corrected chi connectivity index (χ2v) is 5.00. The molecule has 102 valence electrons. The Morgan fingerprint density at radius 3 is 2.63 bits per heavy atom. The minimum atomic E-state index is -0.506. The lowest BCUT2D eigenvalue weighted by atomic mass is 10.0. The number of likely N-dealkylation sites (N-methyl/N-ethyl adjacent to an activating group) is 1. The molecule has 1 aliphatic rings. The van der Waals surface area contributed by atoms with Gasteiger partial charge < -0.3 is 5.11 Å². The molecule has 2 amide bonds. The number of phenols is 1. The first kappa shape index (κ1) is 13.5. The summed E-state index contributed by atoms with van der Waals surface area (Å²) < 4.78 is 0. The lowest BCUT2D eigenvalue weighted by Gasteiger charge is -2.19. The van der Waals surface area contributed by atoms with Crippen molar-refractivity contribution >= 4 is 11.8 Å². The molecule has 0 aliphatic carbocycles. The van der Waals surface area contributed by atoms with Crippen molar-refractivity contribution in [2.45, 2.75) is 32.4 Å².